The van der Waals surface area contributed by atoms with Crippen LogP contribution in [0.5, 0.6) is 0 Å². The van der Waals surface area contributed by atoms with Crippen LogP contribution in [0.2, 0.25) is 0 Å². The van der Waals surface area contributed by atoms with Gasteiger partial charge in [0.2, 0.25) is 11.8 Å². The van der Waals surface area contributed by atoms with Gasteiger partial charge in [0.25, 0.3) is 0 Å². The number of hydrogen-bond acceptors (Lipinski definition) is 4. The molecule has 1 aromatic carbocycles. The first-order chi connectivity index (χ1) is 14.9. The van der Waals surface area contributed by atoms with Crippen molar-refractivity contribution in [3.8, 4) is 0 Å². The van der Waals surface area contributed by atoms with Gasteiger partial charge in [-0.2, -0.15) is 0 Å². The monoisotopic (exact) mass is 428 g/mol. The second-order valence-electron chi connectivity index (χ2n) is 8.59. The van der Waals surface area contributed by atoms with Gasteiger partial charge >= 0.3 is 0 Å². The summed E-state index contributed by atoms with van der Waals surface area (Å²) in [6.45, 7) is 11.1. The number of aromatic nitrogens is 2. The van der Waals surface area contributed by atoms with Gasteiger partial charge in [0.15, 0.2) is 0 Å². The summed E-state index contributed by atoms with van der Waals surface area (Å²) in [6, 6.07) is 7.80. The number of nitrogens with zero attached hydrogens (tertiary/aromatic N) is 3. The largest absolute Gasteiger partial charge is 0.368 e. The van der Waals surface area contributed by atoms with Gasteiger partial charge in [-0.1, -0.05) is 26.0 Å². The van der Waals surface area contributed by atoms with Crippen LogP contribution in [0.4, 0.5) is 0 Å². The number of fused-ring (bicyclic) bond motifs is 1. The normalized spacial score (nSPS) is 19.2. The van der Waals surface area contributed by atoms with Crippen molar-refractivity contribution in [2.24, 2.45) is 0 Å². The molecule has 1 fully saturated rings. The third kappa shape index (κ3) is 5.09. The number of imidazole rings is 1. The molecule has 7 nitrogen and oxygen atoms in total. The van der Waals surface area contributed by atoms with Crippen molar-refractivity contribution in [1.29, 1.82) is 0 Å². The lowest BCUT2D eigenvalue weighted by atomic mass is 10.1. The first kappa shape index (κ1) is 23.3. The van der Waals surface area contributed by atoms with E-state index in [0.29, 0.717) is 12.4 Å². The molecule has 2 amide bonds. The van der Waals surface area contributed by atoms with Crippen molar-refractivity contribution >= 4 is 22.8 Å². The third-order valence-electron chi connectivity index (χ3n) is 6.36. The predicted molar refractivity (Wildman–Crippen MR) is 122 cm³/mol. The van der Waals surface area contributed by atoms with Gasteiger partial charge in [0.05, 0.1) is 17.1 Å². The molecule has 0 saturated carbocycles. The molecule has 4 atom stereocenters. The minimum atomic E-state index is -0.395. The first-order valence-electron chi connectivity index (χ1n) is 11.6. The molecule has 2 aromatic rings. The van der Waals surface area contributed by atoms with Crippen molar-refractivity contribution in [1.82, 2.24) is 19.8 Å². The molecule has 1 saturated heterocycles. The minimum absolute atomic E-state index is 0.0748. The van der Waals surface area contributed by atoms with Crippen LogP contribution in [0, 0.1) is 0 Å². The zero-order valence-electron chi connectivity index (χ0n) is 19.4. The summed E-state index contributed by atoms with van der Waals surface area (Å²) >= 11 is 0. The molecule has 3 rings (SSSR count). The second kappa shape index (κ2) is 10.3. The fraction of sp³-hybridized carbons (Fsp3) is 0.625. The SMILES string of the molecule is CCC(C)N(C(=O)Cn1c(C(C)NC(=O)C2CCCO2)nc2ccccc21)C(C)CC. The highest BCUT2D eigenvalue weighted by Gasteiger charge is 2.29. The van der Waals surface area contributed by atoms with E-state index in [-0.39, 0.29) is 36.5 Å². The molecular weight excluding hydrogens is 392 g/mol. The molecule has 2 heterocycles. The molecule has 0 spiro atoms. The molecular formula is C24H36N4O3. The van der Waals surface area contributed by atoms with E-state index < -0.39 is 6.10 Å². The van der Waals surface area contributed by atoms with Crippen LogP contribution in [0.3, 0.4) is 0 Å². The molecule has 1 aliphatic rings. The maximum atomic E-state index is 13.4. The number of rotatable bonds is 9. The summed E-state index contributed by atoms with van der Waals surface area (Å²) in [5, 5.41) is 3.04. The summed E-state index contributed by atoms with van der Waals surface area (Å²) in [4.78, 5) is 32.8. The van der Waals surface area contributed by atoms with Crippen LogP contribution in [0.15, 0.2) is 24.3 Å². The molecule has 0 radical (unpaired) electrons. The van der Waals surface area contributed by atoms with Crippen LogP contribution in [0.1, 0.15) is 72.2 Å². The van der Waals surface area contributed by atoms with Crippen LogP contribution in [0.25, 0.3) is 11.0 Å². The van der Waals surface area contributed by atoms with Crippen LogP contribution in [-0.2, 0) is 20.9 Å². The highest BCUT2D eigenvalue weighted by atomic mass is 16.5. The lowest BCUT2D eigenvalue weighted by Crippen LogP contribution is -2.46. The number of hydrogen-bond donors (Lipinski definition) is 1. The Morgan fingerprint density at radius 3 is 2.48 bits per heavy atom. The maximum Gasteiger partial charge on any atom is 0.249 e. The van der Waals surface area contributed by atoms with E-state index in [0.717, 1.165) is 36.7 Å². The summed E-state index contributed by atoms with van der Waals surface area (Å²) in [6.07, 6.45) is 3.06. The fourth-order valence-electron chi connectivity index (χ4n) is 4.28. The van der Waals surface area contributed by atoms with Crippen molar-refractivity contribution in [2.75, 3.05) is 6.61 Å². The minimum Gasteiger partial charge on any atom is -0.368 e. The number of ether oxygens (including phenoxy) is 1. The average Bonchev–Trinajstić information content (AvgIpc) is 3.42. The van der Waals surface area contributed by atoms with Crippen molar-refractivity contribution < 1.29 is 14.3 Å². The number of carbonyl (C=O) groups excluding carboxylic acids is 2. The van der Waals surface area contributed by atoms with E-state index in [1.165, 1.54) is 0 Å². The maximum absolute atomic E-state index is 13.4. The van der Waals surface area contributed by atoms with Crippen molar-refractivity contribution in [3.05, 3.63) is 30.1 Å². The Bertz CT molecular complexity index is 893. The Morgan fingerprint density at radius 1 is 1.19 bits per heavy atom. The fourth-order valence-corrected chi connectivity index (χ4v) is 4.28. The van der Waals surface area contributed by atoms with Crippen molar-refractivity contribution in [3.63, 3.8) is 0 Å². The topological polar surface area (TPSA) is 76.5 Å². The van der Waals surface area contributed by atoms with Crippen LogP contribution >= 0.6 is 0 Å². The average molecular weight is 429 g/mol. The number of nitrogens with one attached hydrogen (secondary N) is 1. The Morgan fingerprint density at radius 2 is 1.87 bits per heavy atom. The molecule has 1 N–H and O–H groups in total. The first-order valence-corrected chi connectivity index (χ1v) is 11.6. The molecule has 170 valence electrons. The lowest BCUT2D eigenvalue weighted by molar-refractivity contribution is -0.136. The Hall–Kier alpha value is -2.41. The number of benzene rings is 1. The second-order valence-corrected chi connectivity index (χ2v) is 8.59. The van der Waals surface area contributed by atoms with E-state index >= 15 is 0 Å². The molecule has 4 unspecified atom stereocenters. The Balaban J connectivity index is 1.89. The van der Waals surface area contributed by atoms with Gasteiger partial charge in [-0.15, -0.1) is 0 Å². The summed E-state index contributed by atoms with van der Waals surface area (Å²) in [5.74, 6) is 0.649. The van der Waals surface area contributed by atoms with Gasteiger partial charge in [0, 0.05) is 18.7 Å². The summed E-state index contributed by atoms with van der Waals surface area (Å²) < 4.78 is 7.47. The van der Waals surface area contributed by atoms with Gasteiger partial charge in [-0.05, 0) is 58.6 Å². The molecule has 0 bridgehead atoms. The van der Waals surface area contributed by atoms with Gasteiger partial charge < -0.3 is 19.5 Å². The van der Waals surface area contributed by atoms with Crippen molar-refractivity contribution in [2.45, 2.75) is 91.1 Å². The number of para-hydroxylation sites is 2. The van der Waals surface area contributed by atoms with E-state index in [9.17, 15) is 9.59 Å². The number of carbonyl (C=O) groups is 2. The highest BCUT2D eigenvalue weighted by Crippen LogP contribution is 2.23. The van der Waals surface area contributed by atoms with Gasteiger partial charge in [-0.25, -0.2) is 4.98 Å². The zero-order chi connectivity index (χ0) is 22.5. The molecule has 7 heteroatoms. The highest BCUT2D eigenvalue weighted by molar-refractivity contribution is 5.83. The standard InChI is InChI=1S/C24H36N4O3/c1-6-16(3)28(17(4)7-2)22(29)15-27-20-12-9-8-11-19(20)26-23(27)18(5)25-24(30)21-13-10-14-31-21/h8-9,11-12,16-18,21H,6-7,10,13-15H2,1-5H3,(H,25,30). The zero-order valence-corrected chi connectivity index (χ0v) is 19.4. The van der Waals surface area contributed by atoms with Gasteiger partial charge in [0.1, 0.15) is 18.5 Å². The van der Waals surface area contributed by atoms with E-state index in [1.54, 1.807) is 0 Å². The molecule has 1 aromatic heterocycles. The molecule has 31 heavy (non-hydrogen) atoms. The number of amides is 2. The summed E-state index contributed by atoms with van der Waals surface area (Å²) in [7, 11) is 0. The third-order valence-corrected chi connectivity index (χ3v) is 6.36. The molecule has 0 aliphatic carbocycles. The van der Waals surface area contributed by atoms with Gasteiger partial charge in [-0.3, -0.25) is 9.59 Å². The lowest BCUT2D eigenvalue weighted by Gasteiger charge is -2.34. The van der Waals surface area contributed by atoms with E-state index in [2.05, 4.69) is 33.0 Å². The quantitative estimate of drug-likeness (QED) is 0.659. The van der Waals surface area contributed by atoms with Crippen LogP contribution < -0.4 is 5.32 Å². The summed E-state index contributed by atoms with van der Waals surface area (Å²) in [5.41, 5.74) is 1.72. The Labute approximate surface area is 185 Å². The predicted octanol–water partition coefficient (Wildman–Crippen LogP) is 3.82. The van der Waals surface area contributed by atoms with E-state index in [1.807, 2.05) is 40.7 Å². The van der Waals surface area contributed by atoms with E-state index in [4.69, 9.17) is 9.72 Å². The van der Waals surface area contributed by atoms with Crippen LogP contribution in [-0.4, -0.2) is 51.1 Å². The smallest absolute Gasteiger partial charge is 0.249 e. The molecule has 1 aliphatic heterocycles. The Kier molecular flexibility index (Phi) is 7.70.